The molecule has 0 radical (unpaired) electrons. The SMILES string of the molecule is CC(=O)C(N)Cc1ccc(-c2ccccc2)cc1. The van der Waals surface area contributed by atoms with Gasteiger partial charge in [0.25, 0.3) is 0 Å². The monoisotopic (exact) mass is 239 g/mol. The van der Waals surface area contributed by atoms with Crippen LogP contribution in [0.1, 0.15) is 12.5 Å². The first-order chi connectivity index (χ1) is 8.66. The van der Waals surface area contributed by atoms with Crippen LogP contribution >= 0.6 is 0 Å². The molecule has 0 heterocycles. The van der Waals surface area contributed by atoms with Crippen LogP contribution in [0.3, 0.4) is 0 Å². The molecule has 2 N–H and O–H groups in total. The fourth-order valence-electron chi connectivity index (χ4n) is 1.86. The molecule has 0 amide bonds. The van der Waals surface area contributed by atoms with Gasteiger partial charge < -0.3 is 5.73 Å². The molecule has 2 aromatic carbocycles. The van der Waals surface area contributed by atoms with E-state index in [1.165, 1.54) is 18.1 Å². The van der Waals surface area contributed by atoms with E-state index in [2.05, 4.69) is 24.3 Å². The lowest BCUT2D eigenvalue weighted by molar-refractivity contribution is -0.118. The van der Waals surface area contributed by atoms with E-state index >= 15 is 0 Å². The third kappa shape index (κ3) is 3.05. The van der Waals surface area contributed by atoms with Gasteiger partial charge in [-0.25, -0.2) is 0 Å². The third-order valence-electron chi connectivity index (χ3n) is 3.04. The Hall–Kier alpha value is -1.93. The maximum absolute atomic E-state index is 11.1. The Morgan fingerprint density at radius 3 is 2.11 bits per heavy atom. The quantitative estimate of drug-likeness (QED) is 0.891. The summed E-state index contributed by atoms with van der Waals surface area (Å²) < 4.78 is 0. The summed E-state index contributed by atoms with van der Waals surface area (Å²) in [7, 11) is 0. The fraction of sp³-hybridized carbons (Fsp3) is 0.188. The van der Waals surface area contributed by atoms with Crippen LogP contribution in [0.4, 0.5) is 0 Å². The molecule has 0 aliphatic rings. The van der Waals surface area contributed by atoms with E-state index in [9.17, 15) is 4.79 Å². The first kappa shape index (κ1) is 12.5. The minimum Gasteiger partial charge on any atom is -0.321 e. The van der Waals surface area contributed by atoms with E-state index in [4.69, 9.17) is 5.73 Å². The minimum absolute atomic E-state index is 0.0298. The second-order valence-electron chi connectivity index (χ2n) is 4.48. The molecule has 0 spiro atoms. The highest BCUT2D eigenvalue weighted by Crippen LogP contribution is 2.19. The molecule has 2 rings (SSSR count). The van der Waals surface area contributed by atoms with Crippen molar-refractivity contribution in [2.75, 3.05) is 0 Å². The number of Topliss-reactive ketones (excluding diaryl/α,β-unsaturated/α-hetero) is 1. The number of carbonyl (C=O) groups is 1. The highest BCUT2D eigenvalue weighted by Gasteiger charge is 2.08. The Bertz CT molecular complexity index is 517. The van der Waals surface area contributed by atoms with Gasteiger partial charge in [0, 0.05) is 0 Å². The van der Waals surface area contributed by atoms with E-state index < -0.39 is 6.04 Å². The zero-order valence-electron chi connectivity index (χ0n) is 10.5. The molecule has 18 heavy (non-hydrogen) atoms. The van der Waals surface area contributed by atoms with Gasteiger partial charge in [0.15, 0.2) is 0 Å². The van der Waals surface area contributed by atoms with Crippen molar-refractivity contribution in [1.82, 2.24) is 0 Å². The van der Waals surface area contributed by atoms with Gasteiger partial charge in [0.05, 0.1) is 6.04 Å². The minimum atomic E-state index is -0.396. The third-order valence-corrected chi connectivity index (χ3v) is 3.04. The summed E-state index contributed by atoms with van der Waals surface area (Å²) in [5, 5.41) is 0. The number of hydrogen-bond donors (Lipinski definition) is 1. The van der Waals surface area contributed by atoms with Crippen molar-refractivity contribution in [2.45, 2.75) is 19.4 Å². The Balaban J connectivity index is 2.13. The zero-order chi connectivity index (χ0) is 13.0. The average molecular weight is 239 g/mol. The fourth-order valence-corrected chi connectivity index (χ4v) is 1.86. The average Bonchev–Trinajstić information content (AvgIpc) is 2.40. The number of hydrogen-bond acceptors (Lipinski definition) is 2. The standard InChI is InChI=1S/C16H17NO/c1-12(18)16(17)11-13-7-9-15(10-8-13)14-5-3-2-4-6-14/h2-10,16H,11,17H2,1H3. The lowest BCUT2D eigenvalue weighted by Crippen LogP contribution is -2.30. The molecule has 0 bridgehead atoms. The highest BCUT2D eigenvalue weighted by molar-refractivity contribution is 5.81. The van der Waals surface area contributed by atoms with Crippen LogP contribution in [-0.2, 0) is 11.2 Å². The van der Waals surface area contributed by atoms with E-state index in [1.54, 1.807) is 0 Å². The van der Waals surface area contributed by atoms with E-state index in [0.717, 1.165) is 5.56 Å². The van der Waals surface area contributed by atoms with E-state index in [-0.39, 0.29) is 5.78 Å². The molecule has 0 saturated carbocycles. The molecule has 2 nitrogen and oxygen atoms in total. The van der Waals surface area contributed by atoms with Crippen molar-refractivity contribution in [1.29, 1.82) is 0 Å². The van der Waals surface area contributed by atoms with Crippen LogP contribution in [0.2, 0.25) is 0 Å². The number of carbonyl (C=O) groups excluding carboxylic acids is 1. The van der Waals surface area contributed by atoms with Gasteiger partial charge in [-0.1, -0.05) is 54.6 Å². The molecule has 2 aromatic rings. The maximum atomic E-state index is 11.1. The summed E-state index contributed by atoms with van der Waals surface area (Å²) in [5.41, 5.74) is 9.21. The molecule has 0 aromatic heterocycles. The van der Waals surface area contributed by atoms with Crippen molar-refractivity contribution in [3.05, 3.63) is 60.2 Å². The second-order valence-corrected chi connectivity index (χ2v) is 4.48. The lowest BCUT2D eigenvalue weighted by atomic mass is 10.00. The Morgan fingerprint density at radius 2 is 1.56 bits per heavy atom. The summed E-state index contributed by atoms with van der Waals surface area (Å²) in [4.78, 5) is 11.1. The second kappa shape index (κ2) is 5.61. The van der Waals surface area contributed by atoms with Gasteiger partial charge in [-0.2, -0.15) is 0 Å². The molecule has 2 heteroatoms. The topological polar surface area (TPSA) is 43.1 Å². The van der Waals surface area contributed by atoms with Crippen LogP contribution in [0.25, 0.3) is 11.1 Å². The number of benzene rings is 2. The molecule has 0 fully saturated rings. The van der Waals surface area contributed by atoms with Crippen molar-refractivity contribution in [2.24, 2.45) is 5.73 Å². The molecule has 92 valence electrons. The summed E-state index contributed by atoms with van der Waals surface area (Å²) in [6.45, 7) is 1.53. The van der Waals surface area contributed by atoms with E-state index in [1.807, 2.05) is 30.3 Å². The highest BCUT2D eigenvalue weighted by atomic mass is 16.1. The van der Waals surface area contributed by atoms with Gasteiger partial charge in [-0.15, -0.1) is 0 Å². The maximum Gasteiger partial charge on any atom is 0.146 e. The number of ketones is 1. The first-order valence-corrected chi connectivity index (χ1v) is 6.07. The van der Waals surface area contributed by atoms with E-state index in [0.29, 0.717) is 6.42 Å². The molecule has 1 atom stereocenters. The summed E-state index contributed by atoms with van der Waals surface area (Å²) in [5.74, 6) is 0.0298. The zero-order valence-corrected chi connectivity index (χ0v) is 10.5. The van der Waals surface area contributed by atoms with Crippen LogP contribution in [0.15, 0.2) is 54.6 Å². The molecular formula is C16H17NO. The van der Waals surface area contributed by atoms with Crippen molar-refractivity contribution in [3.8, 4) is 11.1 Å². The molecule has 0 aliphatic carbocycles. The Morgan fingerprint density at radius 1 is 1.00 bits per heavy atom. The summed E-state index contributed by atoms with van der Waals surface area (Å²) >= 11 is 0. The van der Waals surface area contributed by atoms with Crippen LogP contribution < -0.4 is 5.73 Å². The lowest BCUT2D eigenvalue weighted by Gasteiger charge is -2.08. The molecule has 0 saturated heterocycles. The predicted octanol–water partition coefficient (Wildman–Crippen LogP) is 2.81. The summed E-state index contributed by atoms with van der Waals surface area (Å²) in [6.07, 6.45) is 0.602. The van der Waals surface area contributed by atoms with Gasteiger partial charge in [-0.3, -0.25) is 4.79 Å². The van der Waals surface area contributed by atoms with Crippen LogP contribution in [-0.4, -0.2) is 11.8 Å². The van der Waals surface area contributed by atoms with Gasteiger partial charge in [0.1, 0.15) is 5.78 Å². The molecule has 0 aliphatic heterocycles. The predicted molar refractivity (Wildman–Crippen MR) is 74.2 cm³/mol. The first-order valence-electron chi connectivity index (χ1n) is 6.07. The van der Waals surface area contributed by atoms with Gasteiger partial charge in [-0.05, 0) is 30.0 Å². The van der Waals surface area contributed by atoms with Crippen molar-refractivity contribution >= 4 is 5.78 Å². The Kier molecular flexibility index (Phi) is 3.90. The molecular weight excluding hydrogens is 222 g/mol. The Labute approximate surface area is 107 Å². The van der Waals surface area contributed by atoms with Crippen molar-refractivity contribution < 1.29 is 4.79 Å². The molecule has 1 unspecified atom stereocenters. The van der Waals surface area contributed by atoms with Crippen LogP contribution in [0, 0.1) is 0 Å². The van der Waals surface area contributed by atoms with Gasteiger partial charge in [0.2, 0.25) is 0 Å². The van der Waals surface area contributed by atoms with Crippen LogP contribution in [0.5, 0.6) is 0 Å². The number of rotatable bonds is 4. The largest absolute Gasteiger partial charge is 0.321 e. The normalized spacial score (nSPS) is 12.1. The summed E-state index contributed by atoms with van der Waals surface area (Å²) in [6, 6.07) is 18.0. The van der Waals surface area contributed by atoms with Gasteiger partial charge >= 0.3 is 0 Å². The number of nitrogens with two attached hydrogens (primary N) is 1. The smallest absolute Gasteiger partial charge is 0.146 e. The van der Waals surface area contributed by atoms with Crippen molar-refractivity contribution in [3.63, 3.8) is 0 Å².